The highest BCUT2D eigenvalue weighted by Crippen LogP contribution is 2.31. The first-order valence-electron chi connectivity index (χ1n) is 9.59. The Kier molecular flexibility index (Phi) is 5.84. The number of morpholine rings is 1. The summed E-state index contributed by atoms with van der Waals surface area (Å²) in [6, 6.07) is 13.7. The minimum Gasteiger partial charge on any atom is -0.491 e. The van der Waals surface area contributed by atoms with Crippen molar-refractivity contribution in [3.63, 3.8) is 0 Å². The van der Waals surface area contributed by atoms with Crippen LogP contribution >= 0.6 is 0 Å². The second-order valence-corrected chi connectivity index (χ2v) is 6.78. The minimum atomic E-state index is 0.588. The topological polar surface area (TPSA) is 85.5 Å². The molecule has 0 saturated carbocycles. The number of hydrogen-bond donors (Lipinski definition) is 2. The first-order valence-corrected chi connectivity index (χ1v) is 9.59. The van der Waals surface area contributed by atoms with Gasteiger partial charge in [0.25, 0.3) is 0 Å². The maximum absolute atomic E-state index is 6.24. The number of aromatic nitrogens is 2. The van der Waals surface area contributed by atoms with E-state index in [1.165, 1.54) is 0 Å². The van der Waals surface area contributed by atoms with Gasteiger partial charge in [0.1, 0.15) is 17.9 Å². The summed E-state index contributed by atoms with van der Waals surface area (Å²) >= 11 is 0. The van der Waals surface area contributed by atoms with Gasteiger partial charge in [-0.05, 0) is 24.6 Å². The summed E-state index contributed by atoms with van der Waals surface area (Å²) in [6.07, 6.45) is 2.49. The molecule has 0 atom stereocenters. The first-order chi connectivity index (χ1) is 13.8. The van der Waals surface area contributed by atoms with E-state index in [0.717, 1.165) is 61.7 Å². The molecule has 0 unspecified atom stereocenters. The number of nitrogens with two attached hydrogens (primary N) is 1. The van der Waals surface area contributed by atoms with E-state index in [1.807, 2.05) is 42.5 Å². The molecule has 3 N–H and O–H groups in total. The van der Waals surface area contributed by atoms with Gasteiger partial charge < -0.3 is 20.5 Å². The number of para-hydroxylation sites is 1. The predicted octanol–water partition coefficient (Wildman–Crippen LogP) is 3.06. The fraction of sp³-hybridized carbons (Fsp3) is 0.333. The molecule has 1 aliphatic rings. The van der Waals surface area contributed by atoms with E-state index < -0.39 is 0 Å². The lowest BCUT2D eigenvalue weighted by molar-refractivity contribution is 0.0358. The van der Waals surface area contributed by atoms with Gasteiger partial charge >= 0.3 is 0 Å². The van der Waals surface area contributed by atoms with Gasteiger partial charge in [0.2, 0.25) is 0 Å². The van der Waals surface area contributed by atoms with Crippen molar-refractivity contribution in [1.82, 2.24) is 14.9 Å². The number of anilines is 3. The van der Waals surface area contributed by atoms with Crippen LogP contribution in [0.4, 0.5) is 17.2 Å². The standard InChI is InChI=1S/C21H25N5O2/c22-18-13-17-19(23-15-24-21(17)25-16-5-2-1-3-6-16)14-20(18)28-10-4-7-26-8-11-27-12-9-26/h1-3,5-6,13-15H,4,7-12,22H2,(H,23,24,25). The Morgan fingerprint density at radius 3 is 2.75 bits per heavy atom. The summed E-state index contributed by atoms with van der Waals surface area (Å²) in [7, 11) is 0. The van der Waals surface area contributed by atoms with E-state index in [2.05, 4.69) is 20.2 Å². The summed E-state index contributed by atoms with van der Waals surface area (Å²) in [5.74, 6) is 1.39. The lowest BCUT2D eigenvalue weighted by Gasteiger charge is -2.26. The van der Waals surface area contributed by atoms with E-state index in [1.54, 1.807) is 6.33 Å². The van der Waals surface area contributed by atoms with Crippen molar-refractivity contribution in [3.05, 3.63) is 48.8 Å². The van der Waals surface area contributed by atoms with Gasteiger partial charge in [0.05, 0.1) is 31.0 Å². The molecule has 2 aromatic carbocycles. The van der Waals surface area contributed by atoms with Crippen molar-refractivity contribution >= 4 is 28.1 Å². The van der Waals surface area contributed by atoms with Crippen LogP contribution in [0, 0.1) is 0 Å². The van der Waals surface area contributed by atoms with Crippen LogP contribution in [-0.4, -0.2) is 54.3 Å². The Morgan fingerprint density at radius 2 is 1.93 bits per heavy atom. The van der Waals surface area contributed by atoms with Gasteiger partial charge in [-0.3, -0.25) is 4.90 Å². The molecule has 3 aromatic rings. The van der Waals surface area contributed by atoms with Crippen LogP contribution in [-0.2, 0) is 4.74 Å². The van der Waals surface area contributed by atoms with Crippen LogP contribution in [0.1, 0.15) is 6.42 Å². The molecule has 7 heteroatoms. The lowest BCUT2D eigenvalue weighted by Crippen LogP contribution is -2.37. The predicted molar refractivity (Wildman–Crippen MR) is 111 cm³/mol. The number of fused-ring (bicyclic) bond motifs is 1. The van der Waals surface area contributed by atoms with E-state index in [4.69, 9.17) is 15.2 Å². The van der Waals surface area contributed by atoms with Gasteiger partial charge in [-0.2, -0.15) is 0 Å². The molecule has 0 aliphatic carbocycles. The highest BCUT2D eigenvalue weighted by atomic mass is 16.5. The molecular weight excluding hydrogens is 354 g/mol. The SMILES string of the molecule is Nc1cc2c(Nc3ccccc3)ncnc2cc1OCCCN1CCOCC1. The smallest absolute Gasteiger partial charge is 0.144 e. The van der Waals surface area contributed by atoms with Gasteiger partial charge in [-0.25, -0.2) is 9.97 Å². The number of ether oxygens (including phenoxy) is 2. The van der Waals surface area contributed by atoms with Crippen molar-refractivity contribution in [1.29, 1.82) is 0 Å². The average Bonchev–Trinajstić information content (AvgIpc) is 2.73. The molecule has 0 radical (unpaired) electrons. The van der Waals surface area contributed by atoms with Crippen molar-refractivity contribution in [2.24, 2.45) is 0 Å². The molecule has 0 bridgehead atoms. The average molecular weight is 379 g/mol. The molecule has 4 rings (SSSR count). The van der Waals surface area contributed by atoms with Crippen LogP contribution in [0.3, 0.4) is 0 Å². The zero-order chi connectivity index (χ0) is 19.2. The van der Waals surface area contributed by atoms with E-state index >= 15 is 0 Å². The monoisotopic (exact) mass is 379 g/mol. The normalized spacial score (nSPS) is 14.9. The fourth-order valence-electron chi connectivity index (χ4n) is 3.28. The summed E-state index contributed by atoms with van der Waals surface area (Å²) in [5.41, 5.74) is 8.59. The Bertz CT molecular complexity index is 913. The molecule has 28 heavy (non-hydrogen) atoms. The molecule has 1 saturated heterocycles. The second-order valence-electron chi connectivity index (χ2n) is 6.78. The van der Waals surface area contributed by atoms with Crippen LogP contribution in [0.2, 0.25) is 0 Å². The Balaban J connectivity index is 1.43. The third-order valence-corrected chi connectivity index (χ3v) is 4.78. The molecular formula is C21H25N5O2. The second kappa shape index (κ2) is 8.86. The molecule has 1 aromatic heterocycles. The van der Waals surface area contributed by atoms with Crippen LogP contribution in [0.25, 0.3) is 10.9 Å². The molecule has 0 amide bonds. The van der Waals surface area contributed by atoms with Crippen LogP contribution in [0.5, 0.6) is 5.75 Å². The Labute approximate surface area is 164 Å². The van der Waals surface area contributed by atoms with Crippen LogP contribution in [0.15, 0.2) is 48.8 Å². The summed E-state index contributed by atoms with van der Waals surface area (Å²) in [6.45, 7) is 5.24. The van der Waals surface area contributed by atoms with E-state index in [9.17, 15) is 0 Å². The number of rotatable bonds is 7. The largest absolute Gasteiger partial charge is 0.491 e. The third-order valence-electron chi connectivity index (χ3n) is 4.78. The first kappa shape index (κ1) is 18.5. The molecule has 1 aliphatic heterocycles. The lowest BCUT2D eigenvalue weighted by atomic mass is 10.2. The van der Waals surface area contributed by atoms with Crippen molar-refractivity contribution in [2.45, 2.75) is 6.42 Å². The zero-order valence-electron chi connectivity index (χ0n) is 15.8. The molecule has 1 fully saturated rings. The van der Waals surface area contributed by atoms with Crippen molar-refractivity contribution < 1.29 is 9.47 Å². The highest BCUT2D eigenvalue weighted by Gasteiger charge is 2.11. The third kappa shape index (κ3) is 4.49. The fourth-order valence-corrected chi connectivity index (χ4v) is 3.28. The van der Waals surface area contributed by atoms with Gasteiger partial charge in [0.15, 0.2) is 0 Å². The van der Waals surface area contributed by atoms with Crippen molar-refractivity contribution in [3.8, 4) is 5.75 Å². The van der Waals surface area contributed by atoms with E-state index in [-0.39, 0.29) is 0 Å². The summed E-state index contributed by atoms with van der Waals surface area (Å²) in [5, 5.41) is 4.18. The molecule has 0 spiro atoms. The number of nitrogens with one attached hydrogen (secondary N) is 1. The number of hydrogen-bond acceptors (Lipinski definition) is 7. The summed E-state index contributed by atoms with van der Waals surface area (Å²) in [4.78, 5) is 11.1. The van der Waals surface area contributed by atoms with Gasteiger partial charge in [0, 0.05) is 36.8 Å². The van der Waals surface area contributed by atoms with E-state index in [0.29, 0.717) is 18.0 Å². The molecule has 2 heterocycles. The zero-order valence-corrected chi connectivity index (χ0v) is 15.8. The minimum absolute atomic E-state index is 0.588. The molecule has 7 nitrogen and oxygen atoms in total. The number of nitrogens with zero attached hydrogens (tertiary/aromatic N) is 3. The van der Waals surface area contributed by atoms with Gasteiger partial charge in [-0.1, -0.05) is 18.2 Å². The maximum atomic E-state index is 6.24. The van der Waals surface area contributed by atoms with Gasteiger partial charge in [-0.15, -0.1) is 0 Å². The summed E-state index contributed by atoms with van der Waals surface area (Å²) < 4.78 is 11.3. The quantitative estimate of drug-likeness (QED) is 0.482. The number of nitrogen functional groups attached to an aromatic ring is 1. The highest BCUT2D eigenvalue weighted by molar-refractivity contribution is 5.94. The Morgan fingerprint density at radius 1 is 1.11 bits per heavy atom. The number of benzene rings is 2. The van der Waals surface area contributed by atoms with Crippen LogP contribution < -0.4 is 15.8 Å². The van der Waals surface area contributed by atoms with Crippen molar-refractivity contribution in [2.75, 3.05) is 50.5 Å². The molecule has 146 valence electrons. The maximum Gasteiger partial charge on any atom is 0.144 e. The Hall–Kier alpha value is -2.90.